The molecule has 1 aliphatic heterocycles. The topological polar surface area (TPSA) is 81.8 Å². The maximum absolute atomic E-state index is 10.8. The van der Waals surface area contributed by atoms with Crippen molar-refractivity contribution in [2.24, 2.45) is 5.73 Å². The smallest absolute Gasteiger partial charge is 0.366 e. The third-order valence-corrected chi connectivity index (χ3v) is 1.83. The summed E-state index contributed by atoms with van der Waals surface area (Å²) in [6.07, 6.45) is 0. The van der Waals surface area contributed by atoms with Gasteiger partial charge in [0.05, 0.1) is 0 Å². The molecule has 1 unspecified atom stereocenters. The summed E-state index contributed by atoms with van der Waals surface area (Å²) < 4.78 is 10.0. The number of carbonyl (C=O) groups excluding carboxylic acids is 1. The number of carbonyl (C=O) groups is 1. The van der Waals surface area contributed by atoms with E-state index in [0.29, 0.717) is 17.1 Å². The van der Waals surface area contributed by atoms with Crippen LogP contribution in [-0.2, 0) is 0 Å². The second kappa shape index (κ2) is 2.62. The second-order valence-electron chi connectivity index (χ2n) is 3.13. The Hall–Kier alpha value is -1.75. The van der Waals surface area contributed by atoms with Crippen molar-refractivity contribution in [1.29, 1.82) is 0 Å². The van der Waals surface area contributed by atoms with Crippen LogP contribution in [-0.4, -0.2) is 17.0 Å². The Labute approximate surface area is 80.0 Å². The lowest BCUT2D eigenvalue weighted by Gasteiger charge is -2.13. The molecule has 74 valence electrons. The van der Waals surface area contributed by atoms with Crippen molar-refractivity contribution in [3.63, 3.8) is 0 Å². The average molecular weight is 195 g/mol. The molecule has 0 spiro atoms. The Morgan fingerprint density at radius 1 is 1.43 bits per heavy atom. The summed E-state index contributed by atoms with van der Waals surface area (Å²) >= 11 is 0. The molecule has 0 saturated carbocycles. The van der Waals surface area contributed by atoms with Crippen molar-refractivity contribution < 1.29 is 19.4 Å². The van der Waals surface area contributed by atoms with Crippen molar-refractivity contribution in [3.8, 4) is 11.5 Å². The van der Waals surface area contributed by atoms with Crippen LogP contribution in [0.5, 0.6) is 11.5 Å². The molecular formula is C9H9NO4. The van der Waals surface area contributed by atoms with E-state index in [-0.39, 0.29) is 0 Å². The number of aliphatic hydroxyl groups is 1. The molecule has 14 heavy (non-hydrogen) atoms. The Kier molecular flexibility index (Phi) is 1.65. The van der Waals surface area contributed by atoms with Gasteiger partial charge in [0, 0.05) is 12.5 Å². The van der Waals surface area contributed by atoms with Gasteiger partial charge in [0.1, 0.15) is 0 Å². The van der Waals surface area contributed by atoms with Gasteiger partial charge < -0.3 is 20.3 Å². The standard InChI is InChI=1S/C9H9NO4/c1-9(12)13-6-3-2-5(8(10)11)4-7(6)14-9/h2-4,12H,1H3,(H2,10,11). The Balaban J connectivity index is 2.40. The van der Waals surface area contributed by atoms with Gasteiger partial charge in [0.25, 0.3) is 0 Å². The quantitative estimate of drug-likeness (QED) is 0.671. The van der Waals surface area contributed by atoms with Crippen molar-refractivity contribution in [2.45, 2.75) is 12.9 Å². The minimum Gasteiger partial charge on any atom is -0.426 e. The largest absolute Gasteiger partial charge is 0.426 e. The highest BCUT2D eigenvalue weighted by Crippen LogP contribution is 2.38. The highest BCUT2D eigenvalue weighted by molar-refractivity contribution is 5.93. The van der Waals surface area contributed by atoms with Gasteiger partial charge in [-0.2, -0.15) is 0 Å². The lowest BCUT2D eigenvalue weighted by atomic mass is 10.2. The van der Waals surface area contributed by atoms with E-state index in [1.807, 2.05) is 0 Å². The molecule has 3 N–H and O–H groups in total. The predicted molar refractivity (Wildman–Crippen MR) is 46.8 cm³/mol. The van der Waals surface area contributed by atoms with E-state index in [2.05, 4.69) is 0 Å². The zero-order valence-corrected chi connectivity index (χ0v) is 7.48. The van der Waals surface area contributed by atoms with Gasteiger partial charge in [-0.15, -0.1) is 0 Å². The Morgan fingerprint density at radius 3 is 2.71 bits per heavy atom. The molecule has 1 aliphatic rings. The number of rotatable bonds is 1. The zero-order valence-electron chi connectivity index (χ0n) is 7.48. The van der Waals surface area contributed by atoms with Crippen LogP contribution in [0, 0.1) is 0 Å². The fourth-order valence-corrected chi connectivity index (χ4v) is 1.25. The maximum Gasteiger partial charge on any atom is 0.366 e. The van der Waals surface area contributed by atoms with E-state index >= 15 is 0 Å². The van der Waals surface area contributed by atoms with Crippen LogP contribution in [0.1, 0.15) is 17.3 Å². The molecular weight excluding hydrogens is 186 g/mol. The molecule has 5 heteroatoms. The summed E-state index contributed by atoms with van der Waals surface area (Å²) in [5.41, 5.74) is 5.39. The average Bonchev–Trinajstić information content (AvgIpc) is 2.36. The van der Waals surface area contributed by atoms with Crippen molar-refractivity contribution in [2.75, 3.05) is 0 Å². The van der Waals surface area contributed by atoms with Gasteiger partial charge in [-0.1, -0.05) is 0 Å². The first-order valence-electron chi connectivity index (χ1n) is 4.02. The number of primary amides is 1. The maximum atomic E-state index is 10.8. The number of hydrogen-bond donors (Lipinski definition) is 2. The van der Waals surface area contributed by atoms with Crippen molar-refractivity contribution >= 4 is 5.91 Å². The monoisotopic (exact) mass is 195 g/mol. The fourth-order valence-electron chi connectivity index (χ4n) is 1.25. The number of fused-ring (bicyclic) bond motifs is 1. The van der Waals surface area contributed by atoms with Gasteiger partial charge in [-0.3, -0.25) is 4.79 Å². The van der Waals surface area contributed by atoms with Crippen molar-refractivity contribution in [3.05, 3.63) is 23.8 Å². The molecule has 0 bridgehead atoms. The summed E-state index contributed by atoms with van der Waals surface area (Å²) in [5, 5.41) is 9.38. The summed E-state index contributed by atoms with van der Waals surface area (Å²) in [5.74, 6) is -1.52. The van der Waals surface area contributed by atoms with E-state index in [1.165, 1.54) is 25.1 Å². The van der Waals surface area contributed by atoms with Crippen LogP contribution in [0.3, 0.4) is 0 Å². The number of ether oxygens (including phenoxy) is 2. The van der Waals surface area contributed by atoms with Gasteiger partial charge >= 0.3 is 5.97 Å². The molecule has 2 rings (SSSR count). The molecule has 0 fully saturated rings. The van der Waals surface area contributed by atoms with E-state index in [1.54, 1.807) is 0 Å². The molecule has 0 aliphatic carbocycles. The lowest BCUT2D eigenvalue weighted by Crippen LogP contribution is -2.33. The van der Waals surface area contributed by atoms with Gasteiger partial charge in [-0.25, -0.2) is 0 Å². The number of amides is 1. The van der Waals surface area contributed by atoms with Crippen LogP contribution in [0.15, 0.2) is 18.2 Å². The third kappa shape index (κ3) is 1.38. The molecule has 1 atom stereocenters. The highest BCUT2D eigenvalue weighted by Gasteiger charge is 2.34. The summed E-state index contributed by atoms with van der Waals surface area (Å²) in [7, 11) is 0. The van der Waals surface area contributed by atoms with E-state index in [4.69, 9.17) is 15.2 Å². The van der Waals surface area contributed by atoms with Gasteiger partial charge in [-0.05, 0) is 18.2 Å². The first kappa shape index (κ1) is 8.83. The Morgan fingerprint density at radius 2 is 2.07 bits per heavy atom. The lowest BCUT2D eigenvalue weighted by molar-refractivity contribution is -0.234. The fraction of sp³-hybridized carbons (Fsp3) is 0.222. The van der Waals surface area contributed by atoms with Crippen molar-refractivity contribution in [1.82, 2.24) is 0 Å². The van der Waals surface area contributed by atoms with Gasteiger partial charge in [0.2, 0.25) is 5.91 Å². The summed E-state index contributed by atoms with van der Waals surface area (Å²) in [6.45, 7) is 1.36. The first-order chi connectivity index (χ1) is 6.48. The zero-order chi connectivity index (χ0) is 10.3. The minimum absolute atomic E-state index is 0.310. The normalized spacial score (nSPS) is 23.6. The summed E-state index contributed by atoms with van der Waals surface area (Å²) in [4.78, 5) is 10.8. The number of benzene rings is 1. The van der Waals surface area contributed by atoms with Gasteiger partial charge in [0.15, 0.2) is 11.5 Å². The molecule has 5 nitrogen and oxygen atoms in total. The highest BCUT2D eigenvalue weighted by atomic mass is 16.8. The van der Waals surface area contributed by atoms with E-state index < -0.39 is 11.9 Å². The number of hydrogen-bond acceptors (Lipinski definition) is 4. The van der Waals surface area contributed by atoms with E-state index in [0.717, 1.165) is 0 Å². The van der Waals surface area contributed by atoms with E-state index in [9.17, 15) is 9.90 Å². The second-order valence-corrected chi connectivity index (χ2v) is 3.13. The molecule has 0 saturated heterocycles. The molecule has 1 aromatic rings. The number of nitrogens with two attached hydrogens (primary N) is 1. The third-order valence-electron chi connectivity index (χ3n) is 1.83. The SMILES string of the molecule is CC1(O)Oc2ccc(C(N)=O)cc2O1. The minimum atomic E-state index is -1.67. The first-order valence-corrected chi connectivity index (χ1v) is 4.02. The van der Waals surface area contributed by atoms with Crippen LogP contribution >= 0.6 is 0 Å². The molecule has 1 aromatic carbocycles. The summed E-state index contributed by atoms with van der Waals surface area (Å²) in [6, 6.07) is 4.46. The van der Waals surface area contributed by atoms with Crippen LogP contribution in [0.25, 0.3) is 0 Å². The molecule has 1 heterocycles. The van der Waals surface area contributed by atoms with Crippen LogP contribution < -0.4 is 15.2 Å². The van der Waals surface area contributed by atoms with Crippen LogP contribution in [0.2, 0.25) is 0 Å². The molecule has 0 radical (unpaired) electrons. The molecule has 1 amide bonds. The molecule has 0 aromatic heterocycles. The Bertz CT molecular complexity index is 400. The van der Waals surface area contributed by atoms with Crippen LogP contribution in [0.4, 0.5) is 0 Å². The predicted octanol–water partition coefficient (Wildman–Crippen LogP) is 0.223.